The topological polar surface area (TPSA) is 86.8 Å². The van der Waals surface area contributed by atoms with Gasteiger partial charge in [-0.25, -0.2) is 9.69 Å². The van der Waals surface area contributed by atoms with E-state index in [9.17, 15) is 19.2 Å². The second kappa shape index (κ2) is 6.91. The van der Waals surface area contributed by atoms with Crippen LogP contribution in [0.3, 0.4) is 0 Å². The molecule has 0 saturated carbocycles. The first kappa shape index (κ1) is 17.1. The fourth-order valence-electron chi connectivity index (χ4n) is 2.25. The Morgan fingerprint density at radius 1 is 1.17 bits per heavy atom. The van der Waals surface area contributed by atoms with Crippen LogP contribution in [0.5, 0.6) is 0 Å². The highest BCUT2D eigenvalue weighted by Crippen LogP contribution is 2.19. The number of carbonyl (C=O) groups excluding carboxylic acids is 4. The monoisotopic (exact) mass is 381 g/mol. The quantitative estimate of drug-likeness (QED) is 0.617. The number of nitrogens with zero attached hydrogens (tertiary/aromatic N) is 2. The third kappa shape index (κ3) is 3.58. The summed E-state index contributed by atoms with van der Waals surface area (Å²) in [6, 6.07) is 6.46. The lowest BCUT2D eigenvalue weighted by Crippen LogP contribution is -2.42. The van der Waals surface area contributed by atoms with Crippen LogP contribution in [0.25, 0.3) is 0 Å². The van der Waals surface area contributed by atoms with Gasteiger partial charge in [0.2, 0.25) is 5.91 Å². The number of likely N-dealkylation sites (N-methyl/N-ethyl adjacent to an activating group) is 1. The molecule has 1 aliphatic heterocycles. The van der Waals surface area contributed by atoms with Crippen molar-refractivity contribution in [2.24, 2.45) is 0 Å². The average Bonchev–Trinajstić information content (AvgIpc) is 2.71. The smallest absolute Gasteiger partial charge is 0.334 e. The van der Waals surface area contributed by atoms with Gasteiger partial charge in [-0.2, -0.15) is 0 Å². The third-order valence-corrected chi connectivity index (χ3v) is 4.10. The molecule has 0 spiro atoms. The molecule has 7 nitrogen and oxygen atoms in total. The van der Waals surface area contributed by atoms with Crippen molar-refractivity contribution in [2.45, 2.75) is 19.4 Å². The van der Waals surface area contributed by atoms with Gasteiger partial charge in [0.15, 0.2) is 0 Å². The van der Waals surface area contributed by atoms with Crippen LogP contribution in [0.4, 0.5) is 4.79 Å². The van der Waals surface area contributed by atoms with Crippen molar-refractivity contribution in [3.8, 4) is 0 Å². The van der Waals surface area contributed by atoms with E-state index in [0.29, 0.717) is 16.2 Å². The summed E-state index contributed by atoms with van der Waals surface area (Å²) in [4.78, 5) is 48.3. The van der Waals surface area contributed by atoms with Crippen LogP contribution >= 0.6 is 15.9 Å². The van der Waals surface area contributed by atoms with Crippen molar-refractivity contribution >= 4 is 39.7 Å². The lowest BCUT2D eigenvalue weighted by Gasteiger charge is -2.19. The summed E-state index contributed by atoms with van der Waals surface area (Å²) in [6.45, 7) is 1.44. The molecule has 1 aromatic rings. The fourth-order valence-corrected chi connectivity index (χ4v) is 2.52. The standard InChI is InChI=1S/C15H16BrN3O4/c1-3-11(9-4-6-10(16)7-5-9)17-12(20)8-19-14(22)13(21)18(2)15(19)23/h4-7,11H,3,8H2,1-2H3,(H,17,20)/t11-/m0/s1. The van der Waals surface area contributed by atoms with Crippen LogP contribution in [-0.4, -0.2) is 47.1 Å². The predicted octanol–water partition coefficient (Wildman–Crippen LogP) is 1.44. The maximum absolute atomic E-state index is 12.1. The Labute approximate surface area is 141 Å². The van der Waals surface area contributed by atoms with Gasteiger partial charge in [0.05, 0.1) is 6.04 Å². The number of hydrogen-bond acceptors (Lipinski definition) is 4. The van der Waals surface area contributed by atoms with E-state index in [4.69, 9.17) is 0 Å². The van der Waals surface area contributed by atoms with Crippen molar-refractivity contribution in [1.82, 2.24) is 15.1 Å². The van der Waals surface area contributed by atoms with E-state index in [1.165, 1.54) is 7.05 Å². The number of hydrogen-bond donors (Lipinski definition) is 1. The molecule has 0 aliphatic carbocycles. The highest BCUT2D eigenvalue weighted by atomic mass is 79.9. The molecule has 0 aromatic heterocycles. The first-order valence-corrected chi connectivity index (χ1v) is 7.82. The number of halogens is 1. The molecule has 1 fully saturated rings. The zero-order valence-corrected chi connectivity index (χ0v) is 14.3. The van der Waals surface area contributed by atoms with Gasteiger partial charge in [-0.3, -0.25) is 19.3 Å². The Bertz CT molecular complexity index is 659. The summed E-state index contributed by atoms with van der Waals surface area (Å²) in [5, 5.41) is 2.77. The molecule has 1 aliphatic rings. The van der Waals surface area contributed by atoms with Gasteiger partial charge in [0, 0.05) is 11.5 Å². The van der Waals surface area contributed by atoms with Gasteiger partial charge in [-0.05, 0) is 24.1 Å². The van der Waals surface area contributed by atoms with E-state index >= 15 is 0 Å². The molecule has 0 unspecified atom stereocenters. The van der Waals surface area contributed by atoms with Crippen LogP contribution in [-0.2, 0) is 14.4 Å². The molecule has 23 heavy (non-hydrogen) atoms. The summed E-state index contributed by atoms with van der Waals surface area (Å²) in [7, 11) is 1.21. The highest BCUT2D eigenvalue weighted by Gasteiger charge is 2.43. The SMILES string of the molecule is CC[C@H](NC(=O)CN1C(=O)C(=O)N(C)C1=O)c1ccc(Br)cc1. The van der Waals surface area contributed by atoms with Crippen LogP contribution < -0.4 is 5.32 Å². The zero-order valence-electron chi connectivity index (χ0n) is 12.7. The predicted molar refractivity (Wildman–Crippen MR) is 85.2 cm³/mol. The largest absolute Gasteiger partial charge is 0.348 e. The molecule has 2 rings (SSSR count). The zero-order chi connectivity index (χ0) is 17.1. The molecular formula is C15H16BrN3O4. The van der Waals surface area contributed by atoms with Gasteiger partial charge in [0.25, 0.3) is 0 Å². The number of imide groups is 2. The van der Waals surface area contributed by atoms with Gasteiger partial charge >= 0.3 is 17.8 Å². The molecule has 1 atom stereocenters. The van der Waals surface area contributed by atoms with Crippen molar-refractivity contribution in [2.75, 3.05) is 13.6 Å². The number of rotatable bonds is 5. The summed E-state index contributed by atoms with van der Waals surface area (Å²) >= 11 is 3.34. The summed E-state index contributed by atoms with van der Waals surface area (Å²) < 4.78 is 0.928. The van der Waals surface area contributed by atoms with Crippen molar-refractivity contribution < 1.29 is 19.2 Å². The summed E-state index contributed by atoms with van der Waals surface area (Å²) in [5.41, 5.74) is 0.913. The molecule has 1 heterocycles. The maximum atomic E-state index is 12.1. The first-order chi connectivity index (χ1) is 10.8. The Morgan fingerprint density at radius 2 is 1.78 bits per heavy atom. The van der Waals surface area contributed by atoms with Crippen LogP contribution in [0.2, 0.25) is 0 Å². The minimum atomic E-state index is -0.982. The third-order valence-electron chi connectivity index (χ3n) is 3.57. The Hall–Kier alpha value is -2.22. The first-order valence-electron chi connectivity index (χ1n) is 7.03. The second-order valence-corrected chi connectivity index (χ2v) is 6.03. The van der Waals surface area contributed by atoms with Crippen molar-refractivity contribution in [3.05, 3.63) is 34.3 Å². The molecule has 1 aromatic carbocycles. The van der Waals surface area contributed by atoms with Crippen LogP contribution in [0, 0.1) is 0 Å². The molecule has 1 saturated heterocycles. The van der Waals surface area contributed by atoms with E-state index in [1.807, 2.05) is 31.2 Å². The van der Waals surface area contributed by atoms with Crippen molar-refractivity contribution in [3.63, 3.8) is 0 Å². The van der Waals surface area contributed by atoms with E-state index in [0.717, 1.165) is 10.0 Å². The molecule has 1 N–H and O–H groups in total. The van der Waals surface area contributed by atoms with Gasteiger partial charge in [-0.1, -0.05) is 35.0 Å². The number of carbonyl (C=O) groups is 4. The lowest BCUT2D eigenvalue weighted by molar-refractivity contribution is -0.143. The van der Waals surface area contributed by atoms with Crippen LogP contribution in [0.1, 0.15) is 24.9 Å². The fraction of sp³-hybridized carbons (Fsp3) is 0.333. The van der Waals surface area contributed by atoms with E-state index in [1.54, 1.807) is 0 Å². The molecule has 5 amide bonds. The highest BCUT2D eigenvalue weighted by molar-refractivity contribution is 9.10. The van der Waals surface area contributed by atoms with Gasteiger partial charge in [-0.15, -0.1) is 0 Å². The number of urea groups is 1. The normalized spacial score (nSPS) is 16.0. The van der Waals surface area contributed by atoms with Crippen molar-refractivity contribution in [1.29, 1.82) is 0 Å². The Kier molecular flexibility index (Phi) is 5.15. The Balaban J connectivity index is 2.03. The molecule has 122 valence electrons. The van der Waals surface area contributed by atoms with E-state index < -0.39 is 30.3 Å². The maximum Gasteiger partial charge on any atom is 0.334 e. The summed E-state index contributed by atoms with van der Waals surface area (Å²) in [5.74, 6) is -2.41. The lowest BCUT2D eigenvalue weighted by atomic mass is 10.0. The Morgan fingerprint density at radius 3 is 2.26 bits per heavy atom. The molecular weight excluding hydrogens is 366 g/mol. The van der Waals surface area contributed by atoms with Gasteiger partial charge in [0.1, 0.15) is 6.54 Å². The summed E-state index contributed by atoms with van der Waals surface area (Å²) in [6.07, 6.45) is 0.647. The average molecular weight is 382 g/mol. The van der Waals surface area contributed by atoms with E-state index in [-0.39, 0.29) is 6.04 Å². The second-order valence-electron chi connectivity index (χ2n) is 5.12. The molecule has 0 bridgehead atoms. The number of benzene rings is 1. The van der Waals surface area contributed by atoms with Gasteiger partial charge < -0.3 is 5.32 Å². The van der Waals surface area contributed by atoms with Crippen LogP contribution in [0.15, 0.2) is 28.7 Å². The number of nitrogens with one attached hydrogen (secondary N) is 1. The molecule has 8 heteroatoms. The van der Waals surface area contributed by atoms with E-state index in [2.05, 4.69) is 21.2 Å². The minimum absolute atomic E-state index is 0.239. The number of amides is 5. The minimum Gasteiger partial charge on any atom is -0.348 e. The molecule has 0 radical (unpaired) electrons.